The first-order valence-electron chi connectivity index (χ1n) is 8.64. The SMILES string of the molecule is COc1cc(Br)cc(CNCc2ccccc2Cl)c1OCc1ccccc1.Cl. The van der Waals surface area contributed by atoms with Crippen molar-refractivity contribution in [2.45, 2.75) is 19.7 Å². The largest absolute Gasteiger partial charge is 0.493 e. The van der Waals surface area contributed by atoms with E-state index in [4.69, 9.17) is 21.1 Å². The van der Waals surface area contributed by atoms with Crippen molar-refractivity contribution in [3.8, 4) is 11.5 Å². The lowest BCUT2D eigenvalue weighted by atomic mass is 10.1. The Kier molecular flexibility index (Phi) is 9.13. The molecule has 6 heteroatoms. The van der Waals surface area contributed by atoms with Crippen LogP contribution in [0.1, 0.15) is 16.7 Å². The summed E-state index contributed by atoms with van der Waals surface area (Å²) >= 11 is 9.78. The molecule has 0 aliphatic carbocycles. The molecule has 0 aromatic heterocycles. The number of hydrogen-bond donors (Lipinski definition) is 1. The number of ether oxygens (including phenoxy) is 2. The fourth-order valence-electron chi connectivity index (χ4n) is 2.77. The third-order valence-corrected chi connectivity index (χ3v) is 4.96. The zero-order chi connectivity index (χ0) is 19.1. The minimum absolute atomic E-state index is 0. The van der Waals surface area contributed by atoms with Crippen molar-refractivity contribution in [3.05, 3.63) is 92.9 Å². The van der Waals surface area contributed by atoms with E-state index in [-0.39, 0.29) is 12.4 Å². The molecular formula is C22H22BrCl2NO2. The van der Waals surface area contributed by atoms with Gasteiger partial charge in [-0.05, 0) is 29.3 Å². The maximum absolute atomic E-state index is 6.24. The standard InChI is InChI=1S/C22H21BrClNO2.ClH/c1-26-21-12-19(23)11-18(14-25-13-17-9-5-6-10-20(17)24)22(21)27-15-16-7-3-2-4-8-16;/h2-12,25H,13-15H2,1H3;1H. The maximum atomic E-state index is 6.24. The Hall–Kier alpha value is -1.72. The quantitative estimate of drug-likeness (QED) is 0.402. The number of nitrogens with one attached hydrogen (secondary N) is 1. The van der Waals surface area contributed by atoms with Crippen molar-refractivity contribution in [3.63, 3.8) is 0 Å². The fourth-order valence-corrected chi connectivity index (χ4v) is 3.46. The van der Waals surface area contributed by atoms with Crippen LogP contribution in [0.15, 0.2) is 71.2 Å². The van der Waals surface area contributed by atoms with Gasteiger partial charge in [0.2, 0.25) is 0 Å². The molecule has 0 fully saturated rings. The van der Waals surface area contributed by atoms with Gasteiger partial charge in [-0.3, -0.25) is 0 Å². The van der Waals surface area contributed by atoms with E-state index in [0.29, 0.717) is 25.4 Å². The van der Waals surface area contributed by atoms with E-state index in [1.54, 1.807) is 7.11 Å². The van der Waals surface area contributed by atoms with Crippen LogP contribution < -0.4 is 14.8 Å². The van der Waals surface area contributed by atoms with Crippen molar-refractivity contribution < 1.29 is 9.47 Å². The van der Waals surface area contributed by atoms with Crippen LogP contribution in [-0.2, 0) is 19.7 Å². The monoisotopic (exact) mass is 481 g/mol. The van der Waals surface area contributed by atoms with Gasteiger partial charge in [0.05, 0.1) is 7.11 Å². The first kappa shape index (κ1) is 22.6. The first-order valence-corrected chi connectivity index (χ1v) is 9.81. The van der Waals surface area contributed by atoms with E-state index in [2.05, 4.69) is 21.2 Å². The van der Waals surface area contributed by atoms with Gasteiger partial charge >= 0.3 is 0 Å². The molecule has 3 nitrogen and oxygen atoms in total. The summed E-state index contributed by atoms with van der Waals surface area (Å²) in [6.45, 7) is 1.79. The van der Waals surface area contributed by atoms with Crippen LogP contribution in [-0.4, -0.2) is 7.11 Å². The minimum Gasteiger partial charge on any atom is -0.493 e. The van der Waals surface area contributed by atoms with Crippen LogP contribution in [0.3, 0.4) is 0 Å². The lowest BCUT2D eigenvalue weighted by Crippen LogP contribution is -2.14. The lowest BCUT2D eigenvalue weighted by molar-refractivity contribution is 0.280. The van der Waals surface area contributed by atoms with Crippen molar-refractivity contribution in [2.24, 2.45) is 0 Å². The van der Waals surface area contributed by atoms with Gasteiger partial charge < -0.3 is 14.8 Å². The van der Waals surface area contributed by atoms with Crippen molar-refractivity contribution >= 4 is 39.9 Å². The van der Waals surface area contributed by atoms with Crippen LogP contribution in [0.25, 0.3) is 0 Å². The molecule has 148 valence electrons. The molecule has 3 aromatic carbocycles. The number of hydrogen-bond acceptors (Lipinski definition) is 3. The molecule has 3 aromatic rings. The summed E-state index contributed by atoms with van der Waals surface area (Å²) in [4.78, 5) is 0. The van der Waals surface area contributed by atoms with Gasteiger partial charge in [-0.15, -0.1) is 12.4 Å². The summed E-state index contributed by atoms with van der Waals surface area (Å²) in [7, 11) is 1.65. The maximum Gasteiger partial charge on any atom is 0.166 e. The predicted molar refractivity (Wildman–Crippen MR) is 121 cm³/mol. The number of methoxy groups -OCH3 is 1. The molecule has 0 radical (unpaired) electrons. The Morgan fingerprint density at radius 3 is 2.32 bits per heavy atom. The molecule has 0 saturated carbocycles. The first-order chi connectivity index (χ1) is 13.2. The summed E-state index contributed by atoms with van der Waals surface area (Å²) in [5.41, 5.74) is 3.19. The highest BCUT2D eigenvalue weighted by atomic mass is 79.9. The Balaban J connectivity index is 0.00000280. The van der Waals surface area contributed by atoms with E-state index < -0.39 is 0 Å². The molecule has 1 N–H and O–H groups in total. The highest BCUT2D eigenvalue weighted by Crippen LogP contribution is 2.35. The number of halogens is 3. The van der Waals surface area contributed by atoms with Crippen LogP contribution in [0.5, 0.6) is 11.5 Å². The van der Waals surface area contributed by atoms with Crippen LogP contribution in [0.2, 0.25) is 5.02 Å². The molecule has 0 spiro atoms. The fraction of sp³-hybridized carbons (Fsp3) is 0.182. The third-order valence-electron chi connectivity index (χ3n) is 4.13. The average Bonchev–Trinajstić information content (AvgIpc) is 2.69. The van der Waals surface area contributed by atoms with Crippen LogP contribution >= 0.6 is 39.9 Å². The van der Waals surface area contributed by atoms with Gasteiger partial charge in [0.1, 0.15) is 6.61 Å². The molecule has 0 amide bonds. The average molecular weight is 483 g/mol. The molecule has 0 saturated heterocycles. The third kappa shape index (κ3) is 6.14. The normalized spacial score (nSPS) is 10.2. The van der Waals surface area contributed by atoms with Gasteiger partial charge in [-0.1, -0.05) is 76.1 Å². The molecule has 0 bridgehead atoms. The summed E-state index contributed by atoms with van der Waals surface area (Å²) in [5.74, 6) is 1.45. The second-order valence-corrected chi connectivity index (χ2v) is 7.39. The van der Waals surface area contributed by atoms with E-state index >= 15 is 0 Å². The van der Waals surface area contributed by atoms with Crippen LogP contribution in [0.4, 0.5) is 0 Å². The van der Waals surface area contributed by atoms with Gasteiger partial charge in [0, 0.05) is 28.1 Å². The molecule has 0 atom stereocenters. The van der Waals surface area contributed by atoms with Crippen molar-refractivity contribution in [1.29, 1.82) is 0 Å². The smallest absolute Gasteiger partial charge is 0.166 e. The second kappa shape index (κ2) is 11.3. The Morgan fingerprint density at radius 2 is 1.61 bits per heavy atom. The zero-order valence-electron chi connectivity index (χ0n) is 15.5. The summed E-state index contributed by atoms with van der Waals surface area (Å²) in [5, 5.41) is 4.20. The minimum atomic E-state index is 0. The van der Waals surface area contributed by atoms with E-state index in [0.717, 1.165) is 31.9 Å². The van der Waals surface area contributed by atoms with E-state index in [1.165, 1.54) is 0 Å². The van der Waals surface area contributed by atoms with Crippen LogP contribution in [0, 0.1) is 0 Å². The van der Waals surface area contributed by atoms with Gasteiger partial charge in [0.15, 0.2) is 11.5 Å². The van der Waals surface area contributed by atoms with Crippen molar-refractivity contribution in [1.82, 2.24) is 5.32 Å². The Labute approximate surface area is 185 Å². The summed E-state index contributed by atoms with van der Waals surface area (Å²) in [6.07, 6.45) is 0. The van der Waals surface area contributed by atoms with Gasteiger partial charge in [0.25, 0.3) is 0 Å². The second-order valence-electron chi connectivity index (χ2n) is 6.07. The van der Waals surface area contributed by atoms with E-state index in [9.17, 15) is 0 Å². The molecule has 3 rings (SSSR count). The summed E-state index contributed by atoms with van der Waals surface area (Å²) < 4.78 is 12.6. The molecule has 0 aliphatic heterocycles. The zero-order valence-corrected chi connectivity index (χ0v) is 18.6. The molecule has 0 unspecified atom stereocenters. The topological polar surface area (TPSA) is 30.5 Å². The molecule has 0 heterocycles. The molecular weight excluding hydrogens is 461 g/mol. The lowest BCUT2D eigenvalue weighted by Gasteiger charge is -2.17. The van der Waals surface area contributed by atoms with E-state index in [1.807, 2.05) is 66.7 Å². The number of benzene rings is 3. The predicted octanol–water partition coefficient (Wildman–Crippen LogP) is 6.40. The highest BCUT2D eigenvalue weighted by Gasteiger charge is 2.13. The highest BCUT2D eigenvalue weighted by molar-refractivity contribution is 9.10. The Bertz CT molecular complexity index is 891. The van der Waals surface area contributed by atoms with Gasteiger partial charge in [-0.2, -0.15) is 0 Å². The molecule has 0 aliphatic rings. The van der Waals surface area contributed by atoms with Crippen molar-refractivity contribution in [2.75, 3.05) is 7.11 Å². The number of rotatable bonds is 8. The Morgan fingerprint density at radius 1 is 0.929 bits per heavy atom. The summed E-state index contributed by atoms with van der Waals surface area (Å²) in [6, 6.07) is 21.9. The molecule has 28 heavy (non-hydrogen) atoms. The van der Waals surface area contributed by atoms with Gasteiger partial charge in [-0.25, -0.2) is 0 Å².